The number of rotatable bonds is 6. The van der Waals surface area contributed by atoms with Gasteiger partial charge in [-0.3, -0.25) is 4.21 Å². The van der Waals surface area contributed by atoms with Crippen molar-refractivity contribution in [2.45, 2.75) is 57.7 Å². The zero-order chi connectivity index (χ0) is 22.8. The number of anilines is 1. The molecule has 0 radical (unpaired) electrons. The quantitative estimate of drug-likeness (QED) is 0.659. The summed E-state index contributed by atoms with van der Waals surface area (Å²) >= 11 is -2.12. The van der Waals surface area contributed by atoms with Gasteiger partial charge in [0.15, 0.2) is 5.82 Å². The normalized spacial score (nSPS) is 19.4. The van der Waals surface area contributed by atoms with Crippen LogP contribution in [0.4, 0.5) is 5.82 Å². The molecule has 1 aliphatic rings. The lowest BCUT2D eigenvalue weighted by molar-refractivity contribution is 0.160. The molecule has 168 valence electrons. The second kappa shape index (κ2) is 9.06. The van der Waals surface area contributed by atoms with Gasteiger partial charge in [-0.05, 0) is 70.4 Å². The summed E-state index contributed by atoms with van der Waals surface area (Å²) in [5.74, 6) is 0.809. The molecule has 1 aliphatic heterocycles. The van der Waals surface area contributed by atoms with Crippen LogP contribution in [0.25, 0.3) is 17.3 Å². The average molecular weight is 444 g/mol. The monoisotopic (exact) mass is 443 g/mol. The Morgan fingerprint density at radius 3 is 2.42 bits per heavy atom. The third-order valence-corrected chi connectivity index (χ3v) is 6.03. The topological polar surface area (TPSA) is 101 Å². The molecule has 2 aromatic rings. The van der Waals surface area contributed by atoms with Crippen LogP contribution >= 0.6 is 0 Å². The zero-order valence-electron chi connectivity index (χ0n) is 18.8. The van der Waals surface area contributed by atoms with Crippen molar-refractivity contribution in [1.82, 2.24) is 15.5 Å². The van der Waals surface area contributed by atoms with Gasteiger partial charge in [-0.2, -0.15) is 0 Å². The van der Waals surface area contributed by atoms with E-state index in [0.717, 1.165) is 18.7 Å². The summed E-state index contributed by atoms with van der Waals surface area (Å²) in [5, 5.41) is 22.9. The molecular weight excluding hydrogens is 412 g/mol. The molecule has 3 rings (SSSR count). The van der Waals surface area contributed by atoms with E-state index in [0.29, 0.717) is 22.9 Å². The second-order valence-corrected chi connectivity index (χ2v) is 10.4. The van der Waals surface area contributed by atoms with Crippen molar-refractivity contribution in [3.05, 3.63) is 42.0 Å². The lowest BCUT2D eigenvalue weighted by atomic mass is 9.79. The number of nitrogens with one attached hydrogen (secondary N) is 1. The van der Waals surface area contributed by atoms with Crippen LogP contribution in [-0.2, 0) is 11.1 Å². The van der Waals surface area contributed by atoms with Crippen molar-refractivity contribution in [1.29, 1.82) is 0 Å². The van der Waals surface area contributed by atoms with Crippen molar-refractivity contribution < 1.29 is 13.9 Å². The summed E-state index contributed by atoms with van der Waals surface area (Å²) in [6, 6.07) is 9.28. The predicted octanol–water partition coefficient (Wildman–Crippen LogP) is 3.49. The molecule has 0 aliphatic carbocycles. The third kappa shape index (κ3) is 6.12. The lowest BCUT2D eigenvalue weighted by Gasteiger charge is -2.49. The van der Waals surface area contributed by atoms with Gasteiger partial charge in [0.1, 0.15) is 5.75 Å². The molecule has 7 nitrogen and oxygen atoms in total. The highest BCUT2D eigenvalue weighted by atomic mass is 32.2. The van der Waals surface area contributed by atoms with Gasteiger partial charge in [-0.1, -0.05) is 29.3 Å². The molecule has 8 heteroatoms. The first-order valence-corrected chi connectivity index (χ1v) is 11.6. The Morgan fingerprint density at radius 1 is 1.19 bits per heavy atom. The van der Waals surface area contributed by atoms with Crippen LogP contribution in [0, 0.1) is 0 Å². The van der Waals surface area contributed by atoms with Gasteiger partial charge in [0.05, 0.1) is 5.69 Å². The van der Waals surface area contributed by atoms with Crippen LogP contribution in [0.2, 0.25) is 0 Å². The second-order valence-electron chi connectivity index (χ2n) is 9.49. The van der Waals surface area contributed by atoms with Gasteiger partial charge >= 0.3 is 0 Å². The minimum atomic E-state index is -2.12. The standard InChI is InChI=1S/C23H32N4O3S/c1-22(2)14-17(15-23(3,4)26-22)27(5)21-11-10-19(24-25-21)18-9-8-16(13-20(18)28)7-6-12-31(29)30/h6-11,13,17,26,28H,12,14-15H2,1-5H3,(H,29,30)/p-1/b7-6+. The molecule has 1 aromatic heterocycles. The largest absolute Gasteiger partial charge is 0.772 e. The molecule has 2 heterocycles. The summed E-state index contributed by atoms with van der Waals surface area (Å²) in [5.41, 5.74) is 1.96. The fourth-order valence-corrected chi connectivity index (χ4v) is 4.77. The van der Waals surface area contributed by atoms with E-state index in [2.05, 4.69) is 55.2 Å². The zero-order valence-corrected chi connectivity index (χ0v) is 19.6. The maximum atomic E-state index is 10.6. The van der Waals surface area contributed by atoms with Gasteiger partial charge in [0, 0.05) is 35.5 Å². The summed E-state index contributed by atoms with van der Waals surface area (Å²) in [7, 11) is 2.05. The first kappa shape index (κ1) is 23.4. The predicted molar refractivity (Wildman–Crippen MR) is 125 cm³/mol. The molecule has 0 spiro atoms. The van der Waals surface area contributed by atoms with E-state index in [1.54, 1.807) is 24.3 Å². The molecule has 0 amide bonds. The Hall–Kier alpha value is -2.29. The Labute approximate surface area is 186 Å². The van der Waals surface area contributed by atoms with E-state index >= 15 is 0 Å². The molecule has 31 heavy (non-hydrogen) atoms. The number of aromatic hydroxyl groups is 1. The Bertz CT molecular complexity index is 957. The van der Waals surface area contributed by atoms with Crippen molar-refractivity contribution in [3.63, 3.8) is 0 Å². The molecule has 2 N–H and O–H groups in total. The first-order valence-electron chi connectivity index (χ1n) is 10.4. The molecule has 0 saturated carbocycles. The number of phenolic OH excluding ortho intramolecular Hbond substituents is 1. The molecule has 1 atom stereocenters. The molecular formula is C23H31N4O3S-. The minimum absolute atomic E-state index is 0.0404. The number of nitrogens with zero attached hydrogens (tertiary/aromatic N) is 3. The summed E-state index contributed by atoms with van der Waals surface area (Å²) in [6.45, 7) is 8.91. The maximum absolute atomic E-state index is 10.6. The summed E-state index contributed by atoms with van der Waals surface area (Å²) in [6.07, 6.45) is 5.20. The molecule has 1 fully saturated rings. The van der Waals surface area contributed by atoms with E-state index in [4.69, 9.17) is 0 Å². The van der Waals surface area contributed by atoms with Crippen molar-refractivity contribution in [2.24, 2.45) is 0 Å². The fourth-order valence-electron chi connectivity index (χ4n) is 4.52. The van der Waals surface area contributed by atoms with E-state index in [-0.39, 0.29) is 22.6 Å². The Morgan fingerprint density at radius 2 is 1.87 bits per heavy atom. The number of piperidine rings is 1. The number of phenols is 1. The van der Waals surface area contributed by atoms with Gasteiger partial charge < -0.3 is 19.9 Å². The van der Waals surface area contributed by atoms with Crippen LogP contribution in [0.1, 0.15) is 46.1 Å². The number of aromatic nitrogens is 2. The molecule has 1 saturated heterocycles. The lowest BCUT2D eigenvalue weighted by Crippen LogP contribution is -2.62. The van der Waals surface area contributed by atoms with Crippen molar-refractivity contribution >= 4 is 23.0 Å². The van der Waals surface area contributed by atoms with Gasteiger partial charge in [0.25, 0.3) is 0 Å². The van der Waals surface area contributed by atoms with Crippen LogP contribution < -0.4 is 10.2 Å². The molecule has 1 unspecified atom stereocenters. The minimum Gasteiger partial charge on any atom is -0.772 e. The van der Waals surface area contributed by atoms with Crippen LogP contribution in [0.5, 0.6) is 5.75 Å². The van der Waals surface area contributed by atoms with Gasteiger partial charge in [-0.15, -0.1) is 10.2 Å². The highest BCUT2D eigenvalue weighted by molar-refractivity contribution is 7.79. The smallest absolute Gasteiger partial charge is 0.151 e. The SMILES string of the molecule is CN(c1ccc(-c2ccc(/C=C/CS(=O)[O-])cc2O)nn1)C1CC(C)(C)NC(C)(C)C1. The highest BCUT2D eigenvalue weighted by Gasteiger charge is 2.39. The van der Waals surface area contributed by atoms with Crippen molar-refractivity contribution in [3.8, 4) is 17.0 Å². The van der Waals surface area contributed by atoms with Gasteiger partial charge in [-0.25, -0.2) is 0 Å². The van der Waals surface area contributed by atoms with Crippen LogP contribution in [0.3, 0.4) is 0 Å². The molecule has 0 bridgehead atoms. The Balaban J connectivity index is 1.75. The summed E-state index contributed by atoms with van der Waals surface area (Å²) in [4.78, 5) is 2.19. The fraction of sp³-hybridized carbons (Fsp3) is 0.478. The third-order valence-electron chi connectivity index (χ3n) is 5.57. The number of hydrogen-bond acceptors (Lipinski definition) is 7. The maximum Gasteiger partial charge on any atom is 0.151 e. The van der Waals surface area contributed by atoms with Gasteiger partial charge in [0.2, 0.25) is 0 Å². The first-order chi connectivity index (χ1) is 14.5. The van der Waals surface area contributed by atoms with E-state index in [9.17, 15) is 13.9 Å². The van der Waals surface area contributed by atoms with E-state index < -0.39 is 11.1 Å². The number of hydrogen-bond donors (Lipinski definition) is 2. The van der Waals surface area contributed by atoms with E-state index in [1.807, 2.05) is 12.1 Å². The average Bonchev–Trinajstić information content (AvgIpc) is 2.65. The summed E-state index contributed by atoms with van der Waals surface area (Å²) < 4.78 is 21.2. The highest BCUT2D eigenvalue weighted by Crippen LogP contribution is 2.33. The molecule has 1 aromatic carbocycles. The number of benzene rings is 1. The van der Waals surface area contributed by atoms with Crippen LogP contribution in [0.15, 0.2) is 36.4 Å². The van der Waals surface area contributed by atoms with Crippen LogP contribution in [-0.4, -0.2) is 54.0 Å². The van der Waals surface area contributed by atoms with Crippen molar-refractivity contribution in [2.75, 3.05) is 17.7 Å². The van der Waals surface area contributed by atoms with E-state index in [1.165, 1.54) is 6.08 Å². The Kier molecular flexibility index (Phi) is 6.83.